The molecular formula is C32H31F4N3O. The lowest BCUT2D eigenvalue weighted by molar-refractivity contribution is -0.140. The maximum atomic E-state index is 14.6. The van der Waals surface area contributed by atoms with Gasteiger partial charge >= 0.3 is 6.18 Å². The van der Waals surface area contributed by atoms with Crippen LogP contribution in [-0.2, 0) is 23.7 Å². The molecule has 0 saturated heterocycles. The van der Waals surface area contributed by atoms with Gasteiger partial charge in [-0.3, -0.25) is 9.69 Å². The fraction of sp³-hybridized carbons (Fsp3) is 0.344. The van der Waals surface area contributed by atoms with Gasteiger partial charge in [-0.25, -0.2) is 4.39 Å². The van der Waals surface area contributed by atoms with Crippen LogP contribution in [0.2, 0.25) is 0 Å². The Morgan fingerprint density at radius 1 is 0.925 bits per heavy atom. The lowest BCUT2D eigenvalue weighted by Crippen LogP contribution is -2.58. The molecule has 6 rings (SSSR count). The van der Waals surface area contributed by atoms with Crippen LogP contribution in [0.5, 0.6) is 0 Å². The second-order valence-electron chi connectivity index (χ2n) is 11.2. The van der Waals surface area contributed by atoms with Gasteiger partial charge < -0.3 is 9.88 Å². The van der Waals surface area contributed by atoms with Crippen LogP contribution in [0.15, 0.2) is 72.8 Å². The number of para-hydroxylation sites is 1. The summed E-state index contributed by atoms with van der Waals surface area (Å²) in [6.45, 7) is 0.399. The van der Waals surface area contributed by atoms with Crippen molar-refractivity contribution < 1.29 is 22.4 Å². The highest BCUT2D eigenvalue weighted by molar-refractivity contribution is 5.96. The summed E-state index contributed by atoms with van der Waals surface area (Å²) in [5.41, 5.74) is 2.00. The first kappa shape index (κ1) is 26.6. The molecule has 4 aromatic rings. The molecule has 1 fully saturated rings. The number of H-pyrrole nitrogens is 1. The molecule has 1 aliphatic heterocycles. The second-order valence-corrected chi connectivity index (χ2v) is 11.2. The number of hydrogen-bond donors (Lipinski definition) is 1. The number of benzene rings is 3. The third kappa shape index (κ3) is 4.03. The number of aromatic nitrogens is 1. The van der Waals surface area contributed by atoms with Crippen LogP contribution in [0.4, 0.5) is 17.6 Å². The first-order chi connectivity index (χ1) is 19.1. The highest BCUT2D eigenvalue weighted by Gasteiger charge is 2.53. The summed E-state index contributed by atoms with van der Waals surface area (Å²) in [7, 11) is 4.16. The average molecular weight is 550 g/mol. The normalized spacial score (nSPS) is 23.1. The maximum absolute atomic E-state index is 14.6. The van der Waals surface area contributed by atoms with Gasteiger partial charge in [-0.1, -0.05) is 48.5 Å². The number of nitrogens with one attached hydrogen (secondary N) is 1. The minimum atomic E-state index is -4.83. The van der Waals surface area contributed by atoms with Crippen LogP contribution in [0.3, 0.4) is 0 Å². The van der Waals surface area contributed by atoms with E-state index in [9.17, 15) is 22.4 Å². The van der Waals surface area contributed by atoms with Crippen molar-refractivity contribution in [1.82, 2.24) is 14.8 Å². The first-order valence-corrected chi connectivity index (χ1v) is 13.6. The summed E-state index contributed by atoms with van der Waals surface area (Å²) >= 11 is 0. The minimum absolute atomic E-state index is 0.0723. The summed E-state index contributed by atoms with van der Waals surface area (Å²) in [6.07, 6.45) is -1.39. The molecule has 0 radical (unpaired) electrons. The van der Waals surface area contributed by atoms with Crippen molar-refractivity contribution in [2.45, 2.75) is 49.4 Å². The fourth-order valence-corrected chi connectivity index (χ4v) is 7.10. The van der Waals surface area contributed by atoms with Gasteiger partial charge in [0.2, 0.25) is 0 Å². The SMILES string of the molecule is CN(C)C1(c2ccccc2)CCC2(CC1)c1[nH]c3ccccc3c1CCN2C(=O)c1ccc(C(F)(F)F)c(F)c1. The molecule has 40 heavy (non-hydrogen) atoms. The number of carbonyl (C=O) groups is 1. The lowest BCUT2D eigenvalue weighted by Gasteiger charge is -2.55. The van der Waals surface area contributed by atoms with E-state index in [1.54, 1.807) is 4.90 Å². The van der Waals surface area contributed by atoms with Gasteiger partial charge in [0.05, 0.1) is 11.1 Å². The zero-order valence-corrected chi connectivity index (χ0v) is 22.5. The van der Waals surface area contributed by atoms with Crippen LogP contribution < -0.4 is 0 Å². The van der Waals surface area contributed by atoms with Crippen LogP contribution in [0.25, 0.3) is 10.9 Å². The van der Waals surface area contributed by atoms with Gasteiger partial charge in [0.1, 0.15) is 5.82 Å². The number of hydrogen-bond acceptors (Lipinski definition) is 2. The summed E-state index contributed by atoms with van der Waals surface area (Å²) < 4.78 is 54.2. The third-order valence-corrected chi connectivity index (χ3v) is 9.22. The lowest BCUT2D eigenvalue weighted by atomic mass is 9.65. The molecule has 1 amide bonds. The van der Waals surface area contributed by atoms with Crippen LogP contribution in [0, 0.1) is 5.82 Å². The Kier molecular flexibility index (Phi) is 6.29. The number of carbonyl (C=O) groups excluding carboxylic acids is 1. The van der Waals surface area contributed by atoms with Crippen molar-refractivity contribution in [1.29, 1.82) is 0 Å². The van der Waals surface area contributed by atoms with Crippen molar-refractivity contribution in [2.75, 3.05) is 20.6 Å². The number of rotatable bonds is 3. The molecule has 1 saturated carbocycles. The molecule has 1 N–H and O–H groups in total. The molecular weight excluding hydrogens is 518 g/mol. The van der Waals surface area contributed by atoms with E-state index in [0.717, 1.165) is 41.6 Å². The van der Waals surface area contributed by atoms with E-state index in [1.807, 2.05) is 36.4 Å². The predicted octanol–water partition coefficient (Wildman–Crippen LogP) is 7.25. The number of halogens is 4. The topological polar surface area (TPSA) is 39.3 Å². The van der Waals surface area contributed by atoms with Crippen molar-refractivity contribution >= 4 is 16.8 Å². The van der Waals surface area contributed by atoms with Crippen LogP contribution >= 0.6 is 0 Å². The molecule has 0 atom stereocenters. The Hall–Kier alpha value is -3.65. The number of nitrogens with zero attached hydrogens (tertiary/aromatic N) is 2. The second kappa shape index (κ2) is 9.47. The summed E-state index contributed by atoms with van der Waals surface area (Å²) in [5.74, 6) is -1.89. The Bertz CT molecular complexity index is 1570. The monoisotopic (exact) mass is 549 g/mol. The highest BCUT2D eigenvalue weighted by Crippen LogP contribution is 2.54. The molecule has 1 spiro atoms. The molecule has 4 nitrogen and oxygen atoms in total. The van der Waals surface area contributed by atoms with Crippen molar-refractivity contribution in [3.63, 3.8) is 0 Å². The summed E-state index contributed by atoms with van der Waals surface area (Å²) in [5, 5.41) is 1.12. The van der Waals surface area contributed by atoms with E-state index in [-0.39, 0.29) is 11.1 Å². The molecule has 1 aliphatic carbocycles. The largest absolute Gasteiger partial charge is 0.419 e. The Morgan fingerprint density at radius 3 is 2.25 bits per heavy atom. The Morgan fingerprint density at radius 2 is 1.60 bits per heavy atom. The van der Waals surface area contributed by atoms with Gasteiger partial charge in [-0.2, -0.15) is 13.2 Å². The van der Waals surface area contributed by atoms with E-state index < -0.39 is 29.0 Å². The van der Waals surface area contributed by atoms with Crippen molar-refractivity contribution in [2.24, 2.45) is 0 Å². The van der Waals surface area contributed by atoms with Crippen LogP contribution in [-0.4, -0.2) is 41.3 Å². The van der Waals surface area contributed by atoms with Gasteiger partial charge in [-0.05, 0) is 81.6 Å². The third-order valence-electron chi connectivity index (χ3n) is 9.22. The standard InChI is InChI=1S/C32H31F4N3O/c1-38(2)30(22-8-4-3-5-9-22)15-17-31(18-16-30)28-24(23-10-6-7-11-27(23)37-28)14-19-39(31)29(40)21-12-13-25(26(33)20-21)32(34,35)36/h3-13,20,37H,14-19H2,1-2H3. The van der Waals surface area contributed by atoms with Gasteiger partial charge in [0.25, 0.3) is 5.91 Å². The quantitative estimate of drug-likeness (QED) is 0.274. The summed E-state index contributed by atoms with van der Waals surface area (Å²) in [6, 6.07) is 20.9. The molecule has 208 valence electrons. The van der Waals surface area contributed by atoms with E-state index in [0.29, 0.717) is 31.9 Å². The van der Waals surface area contributed by atoms with Crippen molar-refractivity contribution in [3.8, 4) is 0 Å². The number of fused-ring (bicyclic) bond motifs is 4. The van der Waals surface area contributed by atoms with Crippen molar-refractivity contribution in [3.05, 3.63) is 107 Å². The number of alkyl halides is 3. The minimum Gasteiger partial charge on any atom is -0.356 e. The Balaban J connectivity index is 1.45. The maximum Gasteiger partial charge on any atom is 0.419 e. The molecule has 2 heterocycles. The zero-order chi connectivity index (χ0) is 28.3. The zero-order valence-electron chi connectivity index (χ0n) is 22.5. The van der Waals surface area contributed by atoms with E-state index >= 15 is 0 Å². The molecule has 0 bridgehead atoms. The molecule has 3 aromatic carbocycles. The average Bonchev–Trinajstić information content (AvgIpc) is 3.33. The fourth-order valence-electron chi connectivity index (χ4n) is 7.10. The van der Waals surface area contributed by atoms with Gasteiger partial charge in [0.15, 0.2) is 0 Å². The number of aromatic amines is 1. The predicted molar refractivity (Wildman–Crippen MR) is 146 cm³/mol. The first-order valence-electron chi connectivity index (χ1n) is 13.6. The highest BCUT2D eigenvalue weighted by atomic mass is 19.4. The van der Waals surface area contributed by atoms with E-state index in [1.165, 1.54) is 11.1 Å². The van der Waals surface area contributed by atoms with E-state index in [4.69, 9.17) is 0 Å². The summed E-state index contributed by atoms with van der Waals surface area (Å²) in [4.78, 5) is 21.7. The van der Waals surface area contributed by atoms with E-state index in [2.05, 4.69) is 42.2 Å². The van der Waals surface area contributed by atoms with Gasteiger partial charge in [0, 0.05) is 34.2 Å². The number of amides is 1. The molecule has 0 unspecified atom stereocenters. The Labute approximate surface area is 230 Å². The van der Waals surface area contributed by atoms with Gasteiger partial charge in [-0.15, -0.1) is 0 Å². The van der Waals surface area contributed by atoms with Crippen LogP contribution in [0.1, 0.15) is 58.4 Å². The molecule has 8 heteroatoms. The molecule has 2 aliphatic rings. The molecule has 1 aromatic heterocycles. The smallest absolute Gasteiger partial charge is 0.356 e.